The van der Waals surface area contributed by atoms with Gasteiger partial charge in [0.25, 0.3) is 5.91 Å². The minimum atomic E-state index is -0.194. The van der Waals surface area contributed by atoms with Gasteiger partial charge in [0.1, 0.15) is 5.82 Å². The summed E-state index contributed by atoms with van der Waals surface area (Å²) in [5.74, 6) is 1.97. The van der Waals surface area contributed by atoms with E-state index in [-0.39, 0.29) is 23.7 Å². The first-order valence-electron chi connectivity index (χ1n) is 10.1. The van der Waals surface area contributed by atoms with E-state index in [0.717, 1.165) is 6.42 Å². The highest BCUT2D eigenvalue weighted by Crippen LogP contribution is 2.38. The number of allylic oxidation sites excluding steroid dienone is 1. The zero-order chi connectivity index (χ0) is 20.8. The first kappa shape index (κ1) is 20.8. The summed E-state index contributed by atoms with van der Waals surface area (Å²) in [5.41, 5.74) is 1.20. The summed E-state index contributed by atoms with van der Waals surface area (Å²) < 4.78 is 5.16. The molecule has 1 aliphatic carbocycles. The first-order chi connectivity index (χ1) is 13.9. The first-order valence-corrected chi connectivity index (χ1v) is 10.1. The number of pyridine rings is 1. The van der Waals surface area contributed by atoms with Crippen LogP contribution in [0.25, 0.3) is 0 Å². The molecule has 2 amide bonds. The van der Waals surface area contributed by atoms with E-state index < -0.39 is 0 Å². The number of carbonyl (C=O) groups is 2. The lowest BCUT2D eigenvalue weighted by molar-refractivity contribution is -0.117. The average Bonchev–Trinajstić information content (AvgIpc) is 3.23. The van der Waals surface area contributed by atoms with Gasteiger partial charge in [0.05, 0.1) is 6.26 Å². The summed E-state index contributed by atoms with van der Waals surface area (Å²) in [5, 5.41) is 5.86. The lowest BCUT2D eigenvalue weighted by Gasteiger charge is -2.37. The van der Waals surface area contributed by atoms with Gasteiger partial charge in [-0.05, 0) is 61.3 Å². The molecule has 3 unspecified atom stereocenters. The van der Waals surface area contributed by atoms with Crippen molar-refractivity contribution in [1.29, 1.82) is 0 Å². The number of hydrogen-bond acceptors (Lipinski definition) is 4. The molecule has 2 aromatic heterocycles. The van der Waals surface area contributed by atoms with Crippen LogP contribution in [0.15, 0.2) is 58.9 Å². The molecule has 3 rings (SSSR count). The van der Waals surface area contributed by atoms with Crippen LogP contribution in [0.5, 0.6) is 0 Å². The van der Waals surface area contributed by atoms with E-state index in [1.807, 2.05) is 12.1 Å². The number of carbonyl (C=O) groups excluding carboxylic acids is 2. The minimum absolute atomic E-state index is 0.0199. The quantitative estimate of drug-likeness (QED) is 0.685. The number of hydrogen-bond donors (Lipinski definition) is 2. The fourth-order valence-electron chi connectivity index (χ4n) is 4.07. The van der Waals surface area contributed by atoms with E-state index >= 15 is 0 Å². The summed E-state index contributed by atoms with van der Waals surface area (Å²) in [6.07, 6.45) is 6.76. The number of aromatic nitrogens is 1. The highest BCUT2D eigenvalue weighted by atomic mass is 16.3. The molecule has 3 atom stereocenters. The molecule has 0 saturated heterocycles. The predicted octanol–water partition coefficient (Wildman–Crippen LogP) is 4.29. The van der Waals surface area contributed by atoms with Crippen molar-refractivity contribution >= 4 is 17.6 Å². The maximum Gasteiger partial charge on any atom is 0.286 e. The van der Waals surface area contributed by atoms with Crippen molar-refractivity contribution < 1.29 is 14.0 Å². The average molecular weight is 396 g/mol. The highest BCUT2D eigenvalue weighted by molar-refractivity contribution is 5.91. The Morgan fingerprint density at radius 2 is 2.07 bits per heavy atom. The lowest BCUT2D eigenvalue weighted by atomic mass is 9.69. The number of rotatable bonds is 7. The third-order valence-electron chi connectivity index (χ3n) is 5.69. The number of amides is 2. The van der Waals surface area contributed by atoms with E-state index in [4.69, 9.17) is 4.42 Å². The minimum Gasteiger partial charge on any atom is -0.459 e. The Morgan fingerprint density at radius 1 is 1.24 bits per heavy atom. The van der Waals surface area contributed by atoms with Crippen LogP contribution in [0.4, 0.5) is 5.82 Å². The number of anilines is 1. The molecule has 1 aliphatic rings. The summed E-state index contributed by atoms with van der Waals surface area (Å²) in [7, 11) is 0. The molecule has 0 saturated carbocycles. The van der Waals surface area contributed by atoms with Crippen molar-refractivity contribution in [2.24, 2.45) is 23.7 Å². The fraction of sp³-hybridized carbons (Fsp3) is 0.435. The van der Waals surface area contributed by atoms with Gasteiger partial charge in [-0.25, -0.2) is 4.98 Å². The number of furan rings is 1. The molecule has 2 heterocycles. The smallest absolute Gasteiger partial charge is 0.286 e. The third kappa shape index (κ3) is 5.56. The van der Waals surface area contributed by atoms with Crippen LogP contribution in [0, 0.1) is 23.7 Å². The molecule has 0 fully saturated rings. The molecule has 0 bridgehead atoms. The highest BCUT2D eigenvalue weighted by Gasteiger charge is 2.32. The Morgan fingerprint density at radius 3 is 2.72 bits per heavy atom. The van der Waals surface area contributed by atoms with Gasteiger partial charge >= 0.3 is 0 Å². The molecular weight excluding hydrogens is 366 g/mol. The van der Waals surface area contributed by atoms with Gasteiger partial charge in [0.15, 0.2) is 5.76 Å². The van der Waals surface area contributed by atoms with Gasteiger partial charge in [-0.15, -0.1) is 0 Å². The monoisotopic (exact) mass is 395 g/mol. The number of nitrogens with one attached hydrogen (secondary N) is 2. The SMILES string of the molecule is CC1=CC(CNC(=O)c2ccco2)C(C(C)C)CC1CC(=O)Nc1ccccn1. The zero-order valence-corrected chi connectivity index (χ0v) is 17.2. The van der Waals surface area contributed by atoms with Crippen LogP contribution in [0.3, 0.4) is 0 Å². The molecule has 6 nitrogen and oxygen atoms in total. The topological polar surface area (TPSA) is 84.2 Å². The zero-order valence-electron chi connectivity index (χ0n) is 17.2. The van der Waals surface area contributed by atoms with Gasteiger partial charge in [0, 0.05) is 19.2 Å². The molecular formula is C23H29N3O3. The van der Waals surface area contributed by atoms with Crippen molar-refractivity contribution in [2.75, 3.05) is 11.9 Å². The van der Waals surface area contributed by atoms with E-state index in [1.54, 1.807) is 24.4 Å². The van der Waals surface area contributed by atoms with E-state index in [2.05, 4.69) is 42.5 Å². The lowest BCUT2D eigenvalue weighted by Crippen LogP contribution is -2.37. The second-order valence-electron chi connectivity index (χ2n) is 8.07. The normalized spacial score (nSPS) is 21.5. The Hall–Kier alpha value is -2.89. The van der Waals surface area contributed by atoms with Crippen molar-refractivity contribution in [2.45, 2.75) is 33.6 Å². The van der Waals surface area contributed by atoms with Crippen molar-refractivity contribution in [3.8, 4) is 0 Å². The van der Waals surface area contributed by atoms with Gasteiger partial charge in [-0.3, -0.25) is 9.59 Å². The third-order valence-corrected chi connectivity index (χ3v) is 5.69. The van der Waals surface area contributed by atoms with Crippen molar-refractivity contribution in [3.05, 3.63) is 60.2 Å². The van der Waals surface area contributed by atoms with Crippen LogP contribution in [-0.4, -0.2) is 23.3 Å². The van der Waals surface area contributed by atoms with Crippen LogP contribution in [0.1, 0.15) is 44.2 Å². The molecule has 0 spiro atoms. The molecule has 29 heavy (non-hydrogen) atoms. The molecule has 2 aromatic rings. The van der Waals surface area contributed by atoms with Gasteiger partial charge in [-0.2, -0.15) is 0 Å². The number of nitrogens with zero attached hydrogens (tertiary/aromatic N) is 1. The standard InChI is InChI=1S/C23H29N3O3/c1-15(2)19-12-17(13-22(27)26-21-8-4-5-9-24-21)16(3)11-18(19)14-25-23(28)20-7-6-10-29-20/h4-11,15,17-19H,12-14H2,1-3H3,(H,25,28)(H,24,26,27). The molecule has 0 aliphatic heterocycles. The Bertz CT molecular complexity index is 844. The molecule has 0 radical (unpaired) electrons. The largest absolute Gasteiger partial charge is 0.459 e. The Balaban J connectivity index is 1.62. The summed E-state index contributed by atoms with van der Waals surface area (Å²) in [6.45, 7) is 7.04. The Labute approximate surface area is 171 Å². The fourth-order valence-corrected chi connectivity index (χ4v) is 4.07. The van der Waals surface area contributed by atoms with E-state index in [0.29, 0.717) is 36.4 Å². The molecule has 154 valence electrons. The summed E-state index contributed by atoms with van der Waals surface area (Å²) in [6, 6.07) is 8.83. The summed E-state index contributed by atoms with van der Waals surface area (Å²) >= 11 is 0. The maximum absolute atomic E-state index is 12.5. The van der Waals surface area contributed by atoms with Crippen molar-refractivity contribution in [1.82, 2.24) is 10.3 Å². The van der Waals surface area contributed by atoms with Crippen LogP contribution in [-0.2, 0) is 4.79 Å². The maximum atomic E-state index is 12.5. The van der Waals surface area contributed by atoms with Gasteiger partial charge in [-0.1, -0.05) is 31.6 Å². The molecule has 0 aromatic carbocycles. The van der Waals surface area contributed by atoms with Crippen molar-refractivity contribution in [3.63, 3.8) is 0 Å². The van der Waals surface area contributed by atoms with E-state index in [1.165, 1.54) is 11.8 Å². The second-order valence-corrected chi connectivity index (χ2v) is 8.07. The van der Waals surface area contributed by atoms with Crippen LogP contribution >= 0.6 is 0 Å². The van der Waals surface area contributed by atoms with Crippen LogP contribution < -0.4 is 10.6 Å². The van der Waals surface area contributed by atoms with E-state index in [9.17, 15) is 9.59 Å². The van der Waals surface area contributed by atoms with Crippen LogP contribution in [0.2, 0.25) is 0 Å². The second kappa shape index (κ2) is 9.54. The Kier molecular flexibility index (Phi) is 6.86. The van der Waals surface area contributed by atoms with Gasteiger partial charge < -0.3 is 15.1 Å². The summed E-state index contributed by atoms with van der Waals surface area (Å²) in [4.78, 5) is 28.8. The molecule has 2 N–H and O–H groups in total. The molecule has 6 heteroatoms. The predicted molar refractivity (Wildman–Crippen MR) is 112 cm³/mol. The van der Waals surface area contributed by atoms with Gasteiger partial charge in [0.2, 0.25) is 5.91 Å².